The van der Waals surface area contributed by atoms with Gasteiger partial charge in [-0.15, -0.1) is 5.10 Å². The van der Waals surface area contributed by atoms with Gasteiger partial charge in [0.15, 0.2) is 0 Å². The molecule has 1 aromatic heterocycles. The molecule has 0 aliphatic rings. The highest BCUT2D eigenvalue weighted by molar-refractivity contribution is 4.93. The third kappa shape index (κ3) is 2.18. The van der Waals surface area contributed by atoms with E-state index in [-0.39, 0.29) is 12.1 Å². The van der Waals surface area contributed by atoms with Crippen molar-refractivity contribution in [3.63, 3.8) is 0 Å². The van der Waals surface area contributed by atoms with Gasteiger partial charge in [0.05, 0.1) is 0 Å². The average Bonchev–Trinajstić information content (AvgIpc) is 2.32. The van der Waals surface area contributed by atoms with Gasteiger partial charge in [-0.1, -0.05) is 20.8 Å². The summed E-state index contributed by atoms with van der Waals surface area (Å²) in [5.74, 6) is -0.0543. The van der Waals surface area contributed by atoms with E-state index in [1.165, 1.54) is 7.11 Å². The molecule has 0 N–H and O–H groups in total. The lowest BCUT2D eigenvalue weighted by Gasteiger charge is -2.10. The highest BCUT2D eigenvalue weighted by Gasteiger charge is 2.22. The molecule has 0 radical (unpaired) electrons. The topological polar surface area (TPSA) is 57.3 Å². The van der Waals surface area contributed by atoms with Crippen LogP contribution in [-0.4, -0.2) is 16.9 Å². The molecule has 0 aliphatic heterocycles. The average molecular weight is 186 g/mol. The van der Waals surface area contributed by atoms with E-state index >= 15 is 0 Å². The fourth-order valence-electron chi connectivity index (χ4n) is 0.813. The van der Waals surface area contributed by atoms with Gasteiger partial charge in [0.1, 0.15) is 6.73 Å². The maximum Gasteiger partial charge on any atom is 0.439 e. The molecule has 0 unspecified atom stereocenters. The van der Waals surface area contributed by atoms with E-state index < -0.39 is 5.76 Å². The number of hydrogen-bond acceptors (Lipinski definition) is 4. The molecule has 0 saturated carbocycles. The van der Waals surface area contributed by atoms with Crippen LogP contribution in [0.5, 0.6) is 0 Å². The Kier molecular flexibility index (Phi) is 2.56. The largest absolute Gasteiger partial charge is 0.439 e. The molecule has 0 aromatic carbocycles. The Morgan fingerprint density at radius 2 is 2.15 bits per heavy atom. The Balaban J connectivity index is 3.02. The van der Waals surface area contributed by atoms with Gasteiger partial charge in [0.25, 0.3) is 0 Å². The first-order valence-corrected chi connectivity index (χ1v) is 4.02. The monoisotopic (exact) mass is 186 g/mol. The molecule has 1 rings (SSSR count). The zero-order valence-corrected chi connectivity index (χ0v) is 8.33. The quantitative estimate of drug-likeness (QED) is 0.683. The van der Waals surface area contributed by atoms with Crippen molar-refractivity contribution in [2.75, 3.05) is 7.11 Å². The van der Waals surface area contributed by atoms with Crippen LogP contribution < -0.4 is 5.76 Å². The van der Waals surface area contributed by atoms with Crippen LogP contribution in [0.3, 0.4) is 0 Å². The van der Waals surface area contributed by atoms with Crippen LogP contribution >= 0.6 is 0 Å². The van der Waals surface area contributed by atoms with Crippen molar-refractivity contribution in [2.24, 2.45) is 0 Å². The minimum absolute atomic E-state index is 0.123. The Labute approximate surface area is 76.3 Å². The van der Waals surface area contributed by atoms with E-state index in [1.54, 1.807) is 0 Å². The van der Waals surface area contributed by atoms with Crippen LogP contribution in [0.1, 0.15) is 26.7 Å². The summed E-state index contributed by atoms with van der Waals surface area (Å²) in [7, 11) is 1.50. The number of ether oxygens (including phenoxy) is 1. The normalized spacial score (nSPS) is 12.0. The number of rotatable bonds is 2. The highest BCUT2D eigenvalue weighted by Crippen LogP contribution is 2.17. The van der Waals surface area contributed by atoms with Crippen LogP contribution in [0.4, 0.5) is 0 Å². The maximum absolute atomic E-state index is 11.1. The third-order valence-corrected chi connectivity index (χ3v) is 1.50. The summed E-state index contributed by atoms with van der Waals surface area (Å²) in [6, 6.07) is 0. The van der Waals surface area contributed by atoms with Gasteiger partial charge < -0.3 is 9.15 Å². The molecule has 5 nitrogen and oxygen atoms in total. The van der Waals surface area contributed by atoms with Crippen LogP contribution in [-0.2, 0) is 16.9 Å². The Morgan fingerprint density at radius 1 is 1.54 bits per heavy atom. The second-order valence-corrected chi connectivity index (χ2v) is 3.84. The van der Waals surface area contributed by atoms with Gasteiger partial charge in [-0.2, -0.15) is 4.68 Å². The molecule has 5 heteroatoms. The zero-order valence-electron chi connectivity index (χ0n) is 8.33. The number of aromatic nitrogens is 2. The van der Waals surface area contributed by atoms with Crippen molar-refractivity contribution in [3.8, 4) is 0 Å². The molecule has 0 fully saturated rings. The molecule has 74 valence electrons. The standard InChI is InChI=1S/C8H14N2O3/c1-8(2,3)6-9-10(5-12-4)7(11)13-6/h5H2,1-4H3. The molecule has 0 aliphatic carbocycles. The minimum Gasteiger partial charge on any atom is -0.392 e. The van der Waals surface area contributed by atoms with E-state index in [1.807, 2.05) is 20.8 Å². The summed E-state index contributed by atoms with van der Waals surface area (Å²) in [6.45, 7) is 5.90. The Morgan fingerprint density at radius 3 is 2.54 bits per heavy atom. The molecule has 1 heterocycles. The van der Waals surface area contributed by atoms with E-state index in [0.29, 0.717) is 5.89 Å². The van der Waals surface area contributed by atoms with Gasteiger partial charge in [-0.25, -0.2) is 4.79 Å². The number of methoxy groups -OCH3 is 1. The second-order valence-electron chi connectivity index (χ2n) is 3.84. The fourth-order valence-corrected chi connectivity index (χ4v) is 0.813. The molecule has 0 saturated heterocycles. The fraction of sp³-hybridized carbons (Fsp3) is 0.750. The lowest BCUT2D eigenvalue weighted by molar-refractivity contribution is 0.114. The van der Waals surface area contributed by atoms with E-state index in [2.05, 4.69) is 5.10 Å². The van der Waals surface area contributed by atoms with Crippen LogP contribution in [0.25, 0.3) is 0 Å². The second kappa shape index (κ2) is 3.33. The first kappa shape index (κ1) is 9.98. The van der Waals surface area contributed by atoms with Crippen LogP contribution in [0.15, 0.2) is 9.21 Å². The zero-order chi connectivity index (χ0) is 10.1. The predicted molar refractivity (Wildman–Crippen MR) is 46.5 cm³/mol. The summed E-state index contributed by atoms with van der Waals surface area (Å²) in [4.78, 5) is 11.1. The van der Waals surface area contributed by atoms with Crippen molar-refractivity contribution in [1.82, 2.24) is 9.78 Å². The van der Waals surface area contributed by atoms with Gasteiger partial charge in [0, 0.05) is 12.5 Å². The Bertz CT molecular complexity index is 332. The highest BCUT2D eigenvalue weighted by atomic mass is 16.5. The van der Waals surface area contributed by atoms with Crippen molar-refractivity contribution in [2.45, 2.75) is 32.9 Å². The van der Waals surface area contributed by atoms with Crippen LogP contribution in [0, 0.1) is 0 Å². The lowest BCUT2D eigenvalue weighted by Crippen LogP contribution is -2.17. The van der Waals surface area contributed by atoms with Crippen molar-refractivity contribution in [3.05, 3.63) is 16.4 Å². The van der Waals surface area contributed by atoms with Crippen molar-refractivity contribution in [1.29, 1.82) is 0 Å². The van der Waals surface area contributed by atoms with Gasteiger partial charge >= 0.3 is 5.76 Å². The van der Waals surface area contributed by atoms with Crippen molar-refractivity contribution >= 4 is 0 Å². The maximum atomic E-state index is 11.1. The molecular weight excluding hydrogens is 172 g/mol. The SMILES string of the molecule is COCn1nc(C(C)(C)C)oc1=O. The summed E-state index contributed by atoms with van der Waals surface area (Å²) >= 11 is 0. The van der Waals surface area contributed by atoms with Gasteiger partial charge in [-0.3, -0.25) is 0 Å². The Hall–Kier alpha value is -1.10. The summed E-state index contributed by atoms with van der Waals surface area (Å²) < 4.78 is 10.9. The molecule has 0 bridgehead atoms. The molecule has 0 amide bonds. The lowest BCUT2D eigenvalue weighted by atomic mass is 9.97. The summed E-state index contributed by atoms with van der Waals surface area (Å²) in [6.07, 6.45) is 0. The van der Waals surface area contributed by atoms with Gasteiger partial charge in [0.2, 0.25) is 5.89 Å². The summed E-state index contributed by atoms with van der Waals surface area (Å²) in [5.41, 5.74) is -0.252. The molecule has 1 aromatic rings. The van der Waals surface area contributed by atoms with Crippen molar-refractivity contribution < 1.29 is 9.15 Å². The molecule has 0 spiro atoms. The first-order chi connectivity index (χ1) is 5.95. The summed E-state index contributed by atoms with van der Waals surface area (Å²) in [5, 5.41) is 3.98. The third-order valence-electron chi connectivity index (χ3n) is 1.50. The molecule has 0 atom stereocenters. The van der Waals surface area contributed by atoms with Crippen LogP contribution in [0.2, 0.25) is 0 Å². The van der Waals surface area contributed by atoms with Gasteiger partial charge in [-0.05, 0) is 0 Å². The molecule has 13 heavy (non-hydrogen) atoms. The number of nitrogens with zero attached hydrogens (tertiary/aromatic N) is 2. The van der Waals surface area contributed by atoms with E-state index in [4.69, 9.17) is 9.15 Å². The minimum atomic E-state index is -0.480. The predicted octanol–water partition coefficient (Wildman–Crippen LogP) is 0.738. The van der Waals surface area contributed by atoms with E-state index in [9.17, 15) is 4.79 Å². The number of hydrogen-bond donors (Lipinski definition) is 0. The van der Waals surface area contributed by atoms with E-state index in [0.717, 1.165) is 4.68 Å². The molecular formula is C8H14N2O3. The smallest absolute Gasteiger partial charge is 0.392 e. The first-order valence-electron chi connectivity index (χ1n) is 4.02.